The first-order valence-electron chi connectivity index (χ1n) is 6.12. The highest BCUT2D eigenvalue weighted by Crippen LogP contribution is 2.13. The molecule has 1 aliphatic heterocycles. The molecule has 0 amide bonds. The molecular formula is C13H21N3. The average Bonchev–Trinajstić information content (AvgIpc) is 2.43. The van der Waals surface area contributed by atoms with Crippen LogP contribution >= 0.6 is 0 Å². The van der Waals surface area contributed by atoms with Gasteiger partial charge < -0.3 is 5.32 Å². The summed E-state index contributed by atoms with van der Waals surface area (Å²) in [6.45, 7) is 7.88. The van der Waals surface area contributed by atoms with E-state index in [2.05, 4.69) is 41.2 Å². The monoisotopic (exact) mass is 219 g/mol. The van der Waals surface area contributed by atoms with Gasteiger partial charge in [0.15, 0.2) is 0 Å². The van der Waals surface area contributed by atoms with Crippen LogP contribution in [0.1, 0.15) is 25.8 Å². The zero-order valence-corrected chi connectivity index (χ0v) is 10.2. The van der Waals surface area contributed by atoms with Gasteiger partial charge in [0.1, 0.15) is 0 Å². The van der Waals surface area contributed by atoms with Gasteiger partial charge >= 0.3 is 0 Å². The van der Waals surface area contributed by atoms with Gasteiger partial charge in [-0.3, -0.25) is 9.88 Å². The smallest absolute Gasteiger partial charge is 0.0271 e. The van der Waals surface area contributed by atoms with Crippen molar-refractivity contribution in [2.75, 3.05) is 13.1 Å². The second kappa shape index (κ2) is 5.41. The third kappa shape index (κ3) is 3.03. The molecule has 0 aromatic carbocycles. The number of pyridine rings is 1. The summed E-state index contributed by atoms with van der Waals surface area (Å²) in [5.74, 6) is 0. The second-order valence-corrected chi connectivity index (χ2v) is 4.78. The Hall–Kier alpha value is -0.930. The number of aromatic nitrogens is 1. The van der Waals surface area contributed by atoms with E-state index in [-0.39, 0.29) is 0 Å². The van der Waals surface area contributed by atoms with Gasteiger partial charge in [-0.2, -0.15) is 0 Å². The summed E-state index contributed by atoms with van der Waals surface area (Å²) in [4.78, 5) is 6.62. The Labute approximate surface area is 97.9 Å². The van der Waals surface area contributed by atoms with Crippen molar-refractivity contribution >= 4 is 0 Å². The van der Waals surface area contributed by atoms with Crippen molar-refractivity contribution in [3.63, 3.8) is 0 Å². The molecule has 1 saturated heterocycles. The fourth-order valence-corrected chi connectivity index (χ4v) is 2.26. The largest absolute Gasteiger partial charge is 0.313 e. The highest BCUT2D eigenvalue weighted by atomic mass is 15.2. The van der Waals surface area contributed by atoms with Crippen molar-refractivity contribution in [2.24, 2.45) is 0 Å². The van der Waals surface area contributed by atoms with Crippen LogP contribution in [0, 0.1) is 0 Å². The Morgan fingerprint density at radius 1 is 1.38 bits per heavy atom. The summed E-state index contributed by atoms with van der Waals surface area (Å²) >= 11 is 0. The Morgan fingerprint density at radius 2 is 2.12 bits per heavy atom. The van der Waals surface area contributed by atoms with E-state index in [0.717, 1.165) is 19.6 Å². The van der Waals surface area contributed by atoms with E-state index in [9.17, 15) is 0 Å². The van der Waals surface area contributed by atoms with Crippen LogP contribution in [0.3, 0.4) is 0 Å². The van der Waals surface area contributed by atoms with Crippen LogP contribution in [0.5, 0.6) is 0 Å². The molecule has 2 unspecified atom stereocenters. The summed E-state index contributed by atoms with van der Waals surface area (Å²) in [6, 6.07) is 5.46. The van der Waals surface area contributed by atoms with Crippen molar-refractivity contribution in [2.45, 2.75) is 38.9 Å². The molecule has 1 aromatic rings. The van der Waals surface area contributed by atoms with Gasteiger partial charge in [0, 0.05) is 37.6 Å². The third-order valence-corrected chi connectivity index (χ3v) is 3.32. The van der Waals surface area contributed by atoms with Crippen molar-refractivity contribution < 1.29 is 0 Å². The van der Waals surface area contributed by atoms with E-state index >= 15 is 0 Å². The average molecular weight is 219 g/mol. The number of hydrogen-bond acceptors (Lipinski definition) is 3. The number of nitrogens with zero attached hydrogens (tertiary/aromatic N) is 2. The molecule has 1 aliphatic rings. The minimum absolute atomic E-state index is 0.590. The van der Waals surface area contributed by atoms with E-state index in [1.54, 1.807) is 0 Å². The van der Waals surface area contributed by atoms with Gasteiger partial charge in [-0.1, -0.05) is 0 Å². The van der Waals surface area contributed by atoms with Crippen molar-refractivity contribution in [3.8, 4) is 0 Å². The molecule has 1 N–H and O–H groups in total. The molecule has 1 aromatic heterocycles. The van der Waals surface area contributed by atoms with Gasteiger partial charge in [0.25, 0.3) is 0 Å². The fraction of sp³-hybridized carbons (Fsp3) is 0.615. The van der Waals surface area contributed by atoms with Crippen LogP contribution < -0.4 is 5.32 Å². The lowest BCUT2D eigenvalue weighted by Crippen LogP contribution is -2.37. The molecule has 3 nitrogen and oxygen atoms in total. The summed E-state index contributed by atoms with van der Waals surface area (Å²) in [5, 5.41) is 3.54. The van der Waals surface area contributed by atoms with Gasteiger partial charge in [-0.25, -0.2) is 0 Å². The Balaban J connectivity index is 2.01. The van der Waals surface area contributed by atoms with Crippen LogP contribution in [-0.2, 0) is 6.54 Å². The predicted molar refractivity (Wildman–Crippen MR) is 66.2 cm³/mol. The zero-order chi connectivity index (χ0) is 11.4. The van der Waals surface area contributed by atoms with Gasteiger partial charge in [-0.05, 0) is 44.5 Å². The summed E-state index contributed by atoms with van der Waals surface area (Å²) in [6.07, 6.45) is 4.98. The van der Waals surface area contributed by atoms with Gasteiger partial charge in [-0.15, -0.1) is 0 Å². The first-order chi connectivity index (χ1) is 7.75. The maximum absolute atomic E-state index is 4.06. The third-order valence-electron chi connectivity index (χ3n) is 3.32. The Kier molecular flexibility index (Phi) is 3.91. The van der Waals surface area contributed by atoms with E-state index in [1.165, 1.54) is 12.0 Å². The second-order valence-electron chi connectivity index (χ2n) is 4.78. The minimum atomic E-state index is 0.590. The highest BCUT2D eigenvalue weighted by Gasteiger charge is 2.20. The van der Waals surface area contributed by atoms with E-state index < -0.39 is 0 Å². The molecule has 3 heteroatoms. The molecule has 0 aliphatic carbocycles. The Bertz CT molecular complexity index is 312. The van der Waals surface area contributed by atoms with Crippen LogP contribution in [0.15, 0.2) is 24.5 Å². The predicted octanol–water partition coefficient (Wildman–Crippen LogP) is 1.65. The molecule has 0 bridgehead atoms. The summed E-state index contributed by atoms with van der Waals surface area (Å²) < 4.78 is 0. The molecule has 16 heavy (non-hydrogen) atoms. The molecule has 2 rings (SSSR count). The quantitative estimate of drug-likeness (QED) is 0.820. The lowest BCUT2D eigenvalue weighted by Gasteiger charge is -2.28. The maximum Gasteiger partial charge on any atom is 0.0271 e. The number of nitrogens with one attached hydrogen (secondary N) is 1. The lowest BCUT2D eigenvalue weighted by molar-refractivity contribution is 0.199. The topological polar surface area (TPSA) is 28.2 Å². The van der Waals surface area contributed by atoms with Crippen LogP contribution in [0.2, 0.25) is 0 Å². The number of hydrogen-bond donors (Lipinski definition) is 1. The van der Waals surface area contributed by atoms with E-state index in [1.807, 2.05) is 12.4 Å². The molecule has 0 radical (unpaired) electrons. The number of rotatable bonds is 2. The van der Waals surface area contributed by atoms with Gasteiger partial charge in [0.2, 0.25) is 0 Å². The lowest BCUT2D eigenvalue weighted by atomic mass is 10.1. The van der Waals surface area contributed by atoms with E-state index in [4.69, 9.17) is 0 Å². The Morgan fingerprint density at radius 3 is 2.88 bits per heavy atom. The minimum Gasteiger partial charge on any atom is -0.313 e. The highest BCUT2D eigenvalue weighted by molar-refractivity contribution is 5.09. The molecule has 2 atom stereocenters. The first kappa shape index (κ1) is 11.6. The maximum atomic E-state index is 4.06. The SMILES string of the molecule is CC1CN(Cc2ccncc2)C(C)CCN1. The fourth-order valence-electron chi connectivity index (χ4n) is 2.26. The normalized spacial score (nSPS) is 27.6. The molecular weight excluding hydrogens is 198 g/mol. The standard InChI is InChI=1S/C13H21N3/c1-11-9-16(12(2)3-8-15-11)10-13-4-6-14-7-5-13/h4-7,11-12,15H,3,8-10H2,1-2H3. The molecule has 88 valence electrons. The summed E-state index contributed by atoms with van der Waals surface area (Å²) in [5.41, 5.74) is 1.36. The molecule has 2 heterocycles. The summed E-state index contributed by atoms with van der Waals surface area (Å²) in [7, 11) is 0. The molecule has 0 spiro atoms. The van der Waals surface area contributed by atoms with Crippen LogP contribution in [0.4, 0.5) is 0 Å². The van der Waals surface area contributed by atoms with Gasteiger partial charge in [0.05, 0.1) is 0 Å². The zero-order valence-electron chi connectivity index (χ0n) is 10.2. The molecule has 0 saturated carbocycles. The van der Waals surface area contributed by atoms with Crippen molar-refractivity contribution in [1.29, 1.82) is 0 Å². The van der Waals surface area contributed by atoms with Crippen molar-refractivity contribution in [1.82, 2.24) is 15.2 Å². The van der Waals surface area contributed by atoms with E-state index in [0.29, 0.717) is 12.1 Å². The van der Waals surface area contributed by atoms with Crippen LogP contribution in [0.25, 0.3) is 0 Å². The first-order valence-corrected chi connectivity index (χ1v) is 6.12. The van der Waals surface area contributed by atoms with Crippen LogP contribution in [-0.4, -0.2) is 35.1 Å². The molecule has 1 fully saturated rings. The van der Waals surface area contributed by atoms with Crippen molar-refractivity contribution in [3.05, 3.63) is 30.1 Å².